The molecule has 312 valence electrons. The molecule has 54 heavy (non-hydrogen) atoms. The molecule has 9 nitrogen and oxygen atoms in total. The summed E-state index contributed by atoms with van der Waals surface area (Å²) in [4.78, 5) is 13.0. The van der Waals surface area contributed by atoms with Crippen LogP contribution in [-0.4, -0.2) is 87.5 Å². The zero-order valence-corrected chi connectivity index (χ0v) is 34.1. The first-order valence-corrected chi connectivity index (χ1v) is 21.4. The SMILES string of the molecule is CCC=CCC=CCC=CCC=CCC=CCCCC(=O)N[C@@H](COC1OC(CO)C(O)C(O)C1O)[C@H](C)[C@H](O)CCCCCCCCCCCCCC. The number of hydrogen-bond acceptors (Lipinski definition) is 8. The van der Waals surface area contributed by atoms with Crippen molar-refractivity contribution in [1.82, 2.24) is 5.32 Å². The van der Waals surface area contributed by atoms with Gasteiger partial charge in [0.25, 0.3) is 0 Å². The fourth-order valence-corrected chi connectivity index (χ4v) is 6.48. The highest BCUT2D eigenvalue weighted by atomic mass is 16.7. The third kappa shape index (κ3) is 24.4. The van der Waals surface area contributed by atoms with Gasteiger partial charge in [-0.25, -0.2) is 0 Å². The van der Waals surface area contributed by atoms with Gasteiger partial charge in [-0.3, -0.25) is 4.79 Å². The fourth-order valence-electron chi connectivity index (χ4n) is 6.48. The van der Waals surface area contributed by atoms with E-state index in [1.165, 1.54) is 57.8 Å². The van der Waals surface area contributed by atoms with E-state index in [1.807, 2.05) is 6.92 Å². The van der Waals surface area contributed by atoms with Gasteiger partial charge in [0.2, 0.25) is 5.91 Å². The Hall–Kier alpha value is -2.11. The molecule has 0 aliphatic carbocycles. The molecular weight excluding hydrogens is 682 g/mol. The van der Waals surface area contributed by atoms with Crippen molar-refractivity contribution in [3.05, 3.63) is 60.8 Å². The monoisotopic (exact) mass is 762 g/mol. The van der Waals surface area contributed by atoms with Crippen molar-refractivity contribution >= 4 is 5.91 Å². The van der Waals surface area contributed by atoms with Gasteiger partial charge in [-0.15, -0.1) is 0 Å². The van der Waals surface area contributed by atoms with Crippen LogP contribution in [0.25, 0.3) is 0 Å². The van der Waals surface area contributed by atoms with Gasteiger partial charge in [-0.05, 0) is 51.4 Å². The minimum Gasteiger partial charge on any atom is -0.394 e. The summed E-state index contributed by atoms with van der Waals surface area (Å²) in [6.07, 6.45) is 35.9. The van der Waals surface area contributed by atoms with Crippen LogP contribution < -0.4 is 5.32 Å². The number of aliphatic hydroxyl groups is 5. The maximum atomic E-state index is 13.0. The number of allylic oxidation sites excluding steroid dienone is 10. The largest absolute Gasteiger partial charge is 0.394 e. The first-order valence-electron chi connectivity index (χ1n) is 21.4. The maximum Gasteiger partial charge on any atom is 0.220 e. The van der Waals surface area contributed by atoms with E-state index >= 15 is 0 Å². The number of unbranched alkanes of at least 4 members (excludes halogenated alkanes) is 12. The van der Waals surface area contributed by atoms with E-state index in [0.717, 1.165) is 57.8 Å². The molecule has 1 saturated heterocycles. The molecule has 0 radical (unpaired) electrons. The number of nitrogens with one attached hydrogen (secondary N) is 1. The molecule has 8 atom stereocenters. The minimum atomic E-state index is -1.56. The summed E-state index contributed by atoms with van der Waals surface area (Å²) in [6.45, 7) is 5.62. The molecule has 1 fully saturated rings. The molecule has 6 N–H and O–H groups in total. The highest BCUT2D eigenvalue weighted by Gasteiger charge is 2.44. The van der Waals surface area contributed by atoms with Crippen LogP contribution in [0, 0.1) is 5.92 Å². The summed E-state index contributed by atoms with van der Waals surface area (Å²) in [6, 6.07) is -0.578. The first-order chi connectivity index (χ1) is 26.3. The number of carbonyl (C=O) groups is 1. The summed E-state index contributed by atoms with van der Waals surface area (Å²) in [5.74, 6) is -0.508. The van der Waals surface area contributed by atoms with E-state index in [4.69, 9.17) is 9.47 Å². The predicted molar refractivity (Wildman–Crippen MR) is 221 cm³/mol. The van der Waals surface area contributed by atoms with Crippen molar-refractivity contribution in [2.24, 2.45) is 5.92 Å². The number of ether oxygens (including phenoxy) is 2. The van der Waals surface area contributed by atoms with Crippen LogP contribution in [0.1, 0.15) is 156 Å². The summed E-state index contributed by atoms with van der Waals surface area (Å²) < 4.78 is 11.3. The van der Waals surface area contributed by atoms with Crippen LogP contribution in [0.3, 0.4) is 0 Å². The molecule has 0 aromatic rings. The zero-order valence-electron chi connectivity index (χ0n) is 34.1. The summed E-state index contributed by atoms with van der Waals surface area (Å²) in [5.41, 5.74) is 0. The van der Waals surface area contributed by atoms with Crippen molar-refractivity contribution in [3.8, 4) is 0 Å². The Morgan fingerprint density at radius 1 is 0.685 bits per heavy atom. The lowest BCUT2D eigenvalue weighted by Gasteiger charge is -2.40. The Bertz CT molecular complexity index is 1040. The van der Waals surface area contributed by atoms with Gasteiger partial charge in [0, 0.05) is 12.3 Å². The van der Waals surface area contributed by atoms with E-state index < -0.39 is 49.5 Å². The van der Waals surface area contributed by atoms with E-state index in [2.05, 4.69) is 79.9 Å². The quantitative estimate of drug-likeness (QED) is 0.0289. The Labute approximate surface area is 328 Å². The smallest absolute Gasteiger partial charge is 0.220 e. The molecule has 1 amide bonds. The van der Waals surface area contributed by atoms with Gasteiger partial charge in [0.1, 0.15) is 24.4 Å². The molecule has 1 rings (SSSR count). The predicted octanol–water partition coefficient (Wildman–Crippen LogP) is 8.30. The third-order valence-corrected chi connectivity index (χ3v) is 10.2. The lowest BCUT2D eigenvalue weighted by atomic mass is 9.91. The van der Waals surface area contributed by atoms with Crippen molar-refractivity contribution in [2.45, 2.75) is 198 Å². The molecule has 0 spiro atoms. The van der Waals surface area contributed by atoms with Gasteiger partial charge in [0.15, 0.2) is 6.29 Å². The first kappa shape index (κ1) is 49.9. The summed E-state index contributed by atoms with van der Waals surface area (Å²) >= 11 is 0. The molecule has 1 heterocycles. The molecule has 0 saturated carbocycles. The Morgan fingerprint density at radius 2 is 1.19 bits per heavy atom. The Morgan fingerprint density at radius 3 is 1.70 bits per heavy atom. The summed E-state index contributed by atoms with van der Waals surface area (Å²) in [7, 11) is 0. The second-order valence-electron chi connectivity index (χ2n) is 14.9. The van der Waals surface area contributed by atoms with E-state index in [-0.39, 0.29) is 18.4 Å². The lowest BCUT2D eigenvalue weighted by molar-refractivity contribution is -0.302. The number of hydrogen-bond donors (Lipinski definition) is 6. The second-order valence-corrected chi connectivity index (χ2v) is 14.9. The average Bonchev–Trinajstić information content (AvgIpc) is 3.17. The van der Waals surface area contributed by atoms with Gasteiger partial charge in [-0.2, -0.15) is 0 Å². The molecule has 5 unspecified atom stereocenters. The van der Waals surface area contributed by atoms with Crippen LogP contribution in [0.2, 0.25) is 0 Å². The van der Waals surface area contributed by atoms with E-state index in [0.29, 0.717) is 19.3 Å². The van der Waals surface area contributed by atoms with Crippen molar-refractivity contribution in [1.29, 1.82) is 0 Å². The van der Waals surface area contributed by atoms with Crippen molar-refractivity contribution in [2.75, 3.05) is 13.2 Å². The topological polar surface area (TPSA) is 149 Å². The highest BCUT2D eigenvalue weighted by molar-refractivity contribution is 5.76. The molecule has 0 bridgehead atoms. The van der Waals surface area contributed by atoms with Gasteiger partial charge < -0.3 is 40.3 Å². The zero-order chi connectivity index (χ0) is 39.7. The molecule has 1 aliphatic heterocycles. The van der Waals surface area contributed by atoms with Crippen molar-refractivity contribution < 1.29 is 39.8 Å². The van der Waals surface area contributed by atoms with E-state index in [1.54, 1.807) is 0 Å². The second kappa shape index (κ2) is 34.2. The Kier molecular flexibility index (Phi) is 31.6. The van der Waals surface area contributed by atoms with Crippen LogP contribution >= 0.6 is 0 Å². The Balaban J connectivity index is 2.51. The van der Waals surface area contributed by atoms with Gasteiger partial charge in [-0.1, -0.05) is 159 Å². The highest BCUT2D eigenvalue weighted by Crippen LogP contribution is 2.24. The fraction of sp³-hybridized carbons (Fsp3) is 0.756. The average molecular weight is 762 g/mol. The van der Waals surface area contributed by atoms with Crippen molar-refractivity contribution in [3.63, 3.8) is 0 Å². The van der Waals surface area contributed by atoms with E-state index in [9.17, 15) is 30.3 Å². The summed E-state index contributed by atoms with van der Waals surface area (Å²) in [5, 5.41) is 54.5. The molecule has 0 aromatic carbocycles. The minimum absolute atomic E-state index is 0.0835. The van der Waals surface area contributed by atoms with Crippen LogP contribution in [0.5, 0.6) is 0 Å². The number of amides is 1. The normalized spacial score (nSPS) is 22.7. The van der Waals surface area contributed by atoms with Crippen LogP contribution in [0.15, 0.2) is 60.8 Å². The molecule has 0 aromatic heterocycles. The number of aliphatic hydroxyl groups excluding tert-OH is 5. The lowest BCUT2D eigenvalue weighted by Crippen LogP contribution is -2.60. The standard InChI is InChI=1S/C45H79NO8/c1-4-6-8-10-12-14-16-18-19-20-21-22-24-26-28-30-32-34-41(49)46-38(36-53-45-44(52)43(51)42(50)40(35-47)54-45)37(3)39(48)33-31-29-27-25-23-17-15-13-11-9-7-5-2/h6,8,12,14,18-19,21-22,26,28,37-40,42-45,47-48,50-52H,4-5,7,9-11,13,15-17,20,23-25,27,29-36H2,1-3H3,(H,46,49)/t37-,38-,39+,40?,42?,43?,44?,45?/m0/s1. The molecular formula is C45H79NO8. The number of rotatable bonds is 33. The maximum absolute atomic E-state index is 13.0. The number of carbonyl (C=O) groups excluding carboxylic acids is 1. The van der Waals surface area contributed by atoms with Gasteiger partial charge >= 0.3 is 0 Å². The molecule has 1 aliphatic rings. The van der Waals surface area contributed by atoms with Gasteiger partial charge in [0.05, 0.1) is 25.4 Å². The van der Waals surface area contributed by atoms with Crippen LogP contribution in [-0.2, 0) is 14.3 Å². The van der Waals surface area contributed by atoms with Crippen LogP contribution in [0.4, 0.5) is 0 Å². The third-order valence-electron chi connectivity index (χ3n) is 10.2. The molecule has 9 heteroatoms.